The topological polar surface area (TPSA) is 26.0 Å². The van der Waals surface area contributed by atoms with Gasteiger partial charge in [0, 0.05) is 22.5 Å². The zero-order valence-electron chi connectivity index (χ0n) is 11.1. The predicted octanol–water partition coefficient (Wildman–Crippen LogP) is 4.96. The van der Waals surface area contributed by atoms with Crippen LogP contribution in [0.4, 0.5) is 0 Å². The van der Waals surface area contributed by atoms with Crippen LogP contribution in [0, 0.1) is 6.92 Å². The first-order valence-electron chi connectivity index (χ1n) is 6.66. The van der Waals surface area contributed by atoms with Crippen molar-refractivity contribution in [2.75, 3.05) is 0 Å². The van der Waals surface area contributed by atoms with Gasteiger partial charge >= 0.3 is 0 Å². The third-order valence-electron chi connectivity index (χ3n) is 3.60. The van der Waals surface area contributed by atoms with Gasteiger partial charge in [0.2, 0.25) is 0 Å². The Morgan fingerprint density at radius 1 is 0.900 bits per heavy atom. The second-order valence-corrected chi connectivity index (χ2v) is 5.00. The maximum atomic E-state index is 6.08. The number of rotatable bonds is 1. The molecule has 0 N–H and O–H groups in total. The van der Waals surface area contributed by atoms with Gasteiger partial charge in [0.15, 0.2) is 0 Å². The minimum Gasteiger partial charge on any atom is -0.455 e. The Bertz CT molecular complexity index is 907. The van der Waals surface area contributed by atoms with E-state index in [1.54, 1.807) is 6.20 Å². The van der Waals surface area contributed by atoms with Gasteiger partial charge < -0.3 is 4.42 Å². The molecule has 2 aromatic heterocycles. The molecule has 2 heteroatoms. The highest BCUT2D eigenvalue weighted by atomic mass is 16.3. The maximum Gasteiger partial charge on any atom is 0.144 e. The highest BCUT2D eigenvalue weighted by Crippen LogP contribution is 2.35. The first-order chi connectivity index (χ1) is 9.83. The third kappa shape index (κ3) is 1.62. The summed E-state index contributed by atoms with van der Waals surface area (Å²) in [6, 6.07) is 18.5. The summed E-state index contributed by atoms with van der Waals surface area (Å²) in [4.78, 5) is 4.43. The minimum absolute atomic E-state index is 0.909. The average molecular weight is 259 g/mol. The van der Waals surface area contributed by atoms with E-state index in [0.717, 1.165) is 33.2 Å². The lowest BCUT2D eigenvalue weighted by Gasteiger charge is -2.00. The summed E-state index contributed by atoms with van der Waals surface area (Å²) < 4.78 is 6.08. The van der Waals surface area contributed by atoms with Crippen molar-refractivity contribution in [3.05, 3.63) is 66.4 Å². The van der Waals surface area contributed by atoms with Gasteiger partial charge in [-0.1, -0.05) is 30.3 Å². The molecule has 0 bridgehead atoms. The molecule has 2 aromatic carbocycles. The highest BCUT2D eigenvalue weighted by Gasteiger charge is 2.12. The van der Waals surface area contributed by atoms with Crippen LogP contribution in [0.15, 0.2) is 65.2 Å². The van der Waals surface area contributed by atoms with Crippen LogP contribution in [0.25, 0.3) is 33.2 Å². The lowest BCUT2D eigenvalue weighted by molar-refractivity contribution is 0.669. The van der Waals surface area contributed by atoms with Gasteiger partial charge in [0.05, 0.1) is 5.69 Å². The Labute approximate surface area is 116 Å². The number of fused-ring (bicyclic) bond motifs is 3. The lowest BCUT2D eigenvalue weighted by atomic mass is 10.1. The van der Waals surface area contributed by atoms with Crippen molar-refractivity contribution in [3.8, 4) is 11.3 Å². The van der Waals surface area contributed by atoms with Crippen molar-refractivity contribution >= 4 is 21.9 Å². The van der Waals surface area contributed by atoms with E-state index in [1.165, 1.54) is 5.56 Å². The normalized spacial score (nSPS) is 11.2. The van der Waals surface area contributed by atoms with E-state index in [4.69, 9.17) is 4.42 Å². The molecule has 0 saturated carbocycles. The first kappa shape index (κ1) is 11.2. The van der Waals surface area contributed by atoms with Gasteiger partial charge in [-0.15, -0.1) is 0 Å². The standard InChI is InChI=1S/C18H13NO/c1-12-8-9-13-14-5-4-6-15(16-7-2-3-10-19-16)18(14)20-17(13)11-12/h2-11H,1H3. The summed E-state index contributed by atoms with van der Waals surface area (Å²) in [5.74, 6) is 0. The predicted molar refractivity (Wildman–Crippen MR) is 81.7 cm³/mol. The van der Waals surface area contributed by atoms with Crippen LogP contribution in [0.5, 0.6) is 0 Å². The van der Waals surface area contributed by atoms with E-state index in [0.29, 0.717) is 0 Å². The van der Waals surface area contributed by atoms with E-state index in [2.05, 4.69) is 48.3 Å². The van der Waals surface area contributed by atoms with Crippen molar-refractivity contribution in [1.29, 1.82) is 0 Å². The second-order valence-electron chi connectivity index (χ2n) is 5.00. The number of hydrogen-bond donors (Lipinski definition) is 0. The molecule has 0 aliphatic heterocycles. The van der Waals surface area contributed by atoms with E-state index in [9.17, 15) is 0 Å². The van der Waals surface area contributed by atoms with E-state index in [-0.39, 0.29) is 0 Å². The molecule has 0 unspecified atom stereocenters. The number of hydrogen-bond acceptors (Lipinski definition) is 2. The van der Waals surface area contributed by atoms with Gasteiger partial charge in [-0.3, -0.25) is 4.98 Å². The quantitative estimate of drug-likeness (QED) is 0.483. The molecule has 0 saturated heterocycles. The fraction of sp³-hybridized carbons (Fsp3) is 0.0556. The van der Waals surface area contributed by atoms with Crippen LogP contribution >= 0.6 is 0 Å². The van der Waals surface area contributed by atoms with E-state index >= 15 is 0 Å². The highest BCUT2D eigenvalue weighted by molar-refractivity contribution is 6.09. The molecule has 0 fully saturated rings. The lowest BCUT2D eigenvalue weighted by Crippen LogP contribution is -1.81. The minimum atomic E-state index is 0.909. The van der Waals surface area contributed by atoms with Gasteiger partial charge in [0.25, 0.3) is 0 Å². The molecule has 0 radical (unpaired) electrons. The number of furan rings is 1. The summed E-state index contributed by atoms with van der Waals surface area (Å²) in [7, 11) is 0. The molecule has 0 aliphatic rings. The fourth-order valence-electron chi connectivity index (χ4n) is 2.63. The Kier molecular flexibility index (Phi) is 2.36. The summed E-state index contributed by atoms with van der Waals surface area (Å²) >= 11 is 0. The number of benzene rings is 2. The molecule has 4 aromatic rings. The molecule has 2 nitrogen and oxygen atoms in total. The molecule has 20 heavy (non-hydrogen) atoms. The van der Waals surface area contributed by atoms with Crippen LogP contribution in [0.2, 0.25) is 0 Å². The molecular formula is C18H13NO. The smallest absolute Gasteiger partial charge is 0.144 e. The number of nitrogens with zero attached hydrogens (tertiary/aromatic N) is 1. The number of para-hydroxylation sites is 1. The molecule has 0 amide bonds. The molecule has 0 atom stereocenters. The average Bonchev–Trinajstić information content (AvgIpc) is 2.85. The molecule has 96 valence electrons. The summed E-state index contributed by atoms with van der Waals surface area (Å²) in [6.45, 7) is 2.08. The molecular weight excluding hydrogens is 246 g/mol. The number of aryl methyl sites for hydroxylation is 1. The van der Waals surface area contributed by atoms with Crippen LogP contribution in [0.1, 0.15) is 5.56 Å². The maximum absolute atomic E-state index is 6.08. The van der Waals surface area contributed by atoms with Crippen molar-refractivity contribution < 1.29 is 4.42 Å². The Balaban J connectivity index is 2.11. The van der Waals surface area contributed by atoms with Gasteiger partial charge in [-0.05, 0) is 36.8 Å². The zero-order valence-corrected chi connectivity index (χ0v) is 11.1. The summed E-state index contributed by atoms with van der Waals surface area (Å²) in [5.41, 5.74) is 5.02. The third-order valence-corrected chi connectivity index (χ3v) is 3.60. The van der Waals surface area contributed by atoms with Crippen LogP contribution in [-0.2, 0) is 0 Å². The molecule has 0 spiro atoms. The summed E-state index contributed by atoms with van der Waals surface area (Å²) in [6.07, 6.45) is 1.81. The number of pyridine rings is 1. The molecule has 4 rings (SSSR count). The van der Waals surface area contributed by atoms with Crippen molar-refractivity contribution in [2.24, 2.45) is 0 Å². The molecule has 2 heterocycles. The largest absolute Gasteiger partial charge is 0.455 e. The van der Waals surface area contributed by atoms with Crippen molar-refractivity contribution in [2.45, 2.75) is 6.92 Å². The zero-order chi connectivity index (χ0) is 13.5. The number of aromatic nitrogens is 1. The fourth-order valence-corrected chi connectivity index (χ4v) is 2.63. The SMILES string of the molecule is Cc1ccc2c(c1)oc1c(-c3ccccn3)cccc12. The monoisotopic (exact) mass is 259 g/mol. The van der Waals surface area contributed by atoms with Gasteiger partial charge in [0.1, 0.15) is 11.2 Å². The first-order valence-corrected chi connectivity index (χ1v) is 6.66. The Morgan fingerprint density at radius 2 is 1.85 bits per heavy atom. The van der Waals surface area contributed by atoms with Crippen LogP contribution in [-0.4, -0.2) is 4.98 Å². The summed E-state index contributed by atoms with van der Waals surface area (Å²) in [5, 5.41) is 2.30. The van der Waals surface area contributed by atoms with Crippen molar-refractivity contribution in [1.82, 2.24) is 4.98 Å². The van der Waals surface area contributed by atoms with E-state index < -0.39 is 0 Å². The van der Waals surface area contributed by atoms with E-state index in [1.807, 2.05) is 18.2 Å². The van der Waals surface area contributed by atoms with Crippen molar-refractivity contribution in [3.63, 3.8) is 0 Å². The van der Waals surface area contributed by atoms with Gasteiger partial charge in [-0.2, -0.15) is 0 Å². The van der Waals surface area contributed by atoms with Crippen LogP contribution < -0.4 is 0 Å². The van der Waals surface area contributed by atoms with Crippen LogP contribution in [0.3, 0.4) is 0 Å². The second kappa shape index (κ2) is 4.20. The Hall–Kier alpha value is -2.61. The molecule has 0 aliphatic carbocycles. The van der Waals surface area contributed by atoms with Gasteiger partial charge in [-0.25, -0.2) is 0 Å². The Morgan fingerprint density at radius 3 is 2.70 bits per heavy atom.